The lowest BCUT2D eigenvalue weighted by Gasteiger charge is -2.04. The molecular formula is C9H6ClN3O2. The van der Waals surface area contributed by atoms with E-state index in [0.717, 1.165) is 0 Å². The second kappa shape index (κ2) is 3.70. The van der Waals surface area contributed by atoms with Crippen LogP contribution in [0.1, 0.15) is 0 Å². The molecule has 0 fully saturated rings. The first-order chi connectivity index (χ1) is 7.20. The van der Waals surface area contributed by atoms with Gasteiger partial charge < -0.3 is 0 Å². The molecule has 1 aromatic carbocycles. The molecule has 0 atom stereocenters. The molecule has 15 heavy (non-hydrogen) atoms. The molecule has 0 bridgehead atoms. The first-order valence-electron chi connectivity index (χ1n) is 4.11. The lowest BCUT2D eigenvalue weighted by molar-refractivity contribution is -0.384. The number of benzene rings is 1. The molecule has 0 unspecified atom stereocenters. The normalized spacial score (nSPS) is 10.2. The van der Waals surface area contributed by atoms with Crippen molar-refractivity contribution in [2.45, 2.75) is 0 Å². The fourth-order valence-electron chi connectivity index (χ4n) is 1.30. The van der Waals surface area contributed by atoms with Gasteiger partial charge in [-0.1, -0.05) is 17.7 Å². The average molecular weight is 224 g/mol. The van der Waals surface area contributed by atoms with Crippen molar-refractivity contribution >= 4 is 17.3 Å². The van der Waals surface area contributed by atoms with Gasteiger partial charge in [0.2, 0.25) is 0 Å². The number of nitro groups is 1. The molecule has 0 amide bonds. The first kappa shape index (κ1) is 9.67. The van der Waals surface area contributed by atoms with Gasteiger partial charge in [0.1, 0.15) is 5.69 Å². The lowest BCUT2D eigenvalue weighted by atomic mass is 10.2. The maximum atomic E-state index is 10.8. The van der Waals surface area contributed by atoms with E-state index in [9.17, 15) is 10.1 Å². The Labute approximate surface area is 90.1 Å². The monoisotopic (exact) mass is 223 g/mol. The SMILES string of the molecule is O=[N+]([O-])c1cccc(Cl)c1-n1ccnc1. The van der Waals surface area contributed by atoms with E-state index in [1.807, 2.05) is 0 Å². The summed E-state index contributed by atoms with van der Waals surface area (Å²) in [5.41, 5.74) is 0.294. The van der Waals surface area contributed by atoms with Crippen molar-refractivity contribution < 1.29 is 4.92 Å². The quantitative estimate of drug-likeness (QED) is 0.580. The van der Waals surface area contributed by atoms with Gasteiger partial charge in [-0.05, 0) is 6.07 Å². The Kier molecular flexibility index (Phi) is 2.39. The van der Waals surface area contributed by atoms with E-state index in [-0.39, 0.29) is 5.69 Å². The molecule has 1 aromatic heterocycles. The number of nitrogens with zero attached hydrogens (tertiary/aromatic N) is 3. The number of hydrogen-bond donors (Lipinski definition) is 0. The molecule has 2 aromatic rings. The fourth-order valence-corrected chi connectivity index (χ4v) is 1.57. The number of para-hydroxylation sites is 1. The topological polar surface area (TPSA) is 61.0 Å². The molecule has 0 aliphatic carbocycles. The molecule has 0 saturated carbocycles. The lowest BCUT2D eigenvalue weighted by Crippen LogP contribution is -1.98. The molecule has 0 N–H and O–H groups in total. The first-order valence-corrected chi connectivity index (χ1v) is 4.49. The van der Waals surface area contributed by atoms with E-state index in [1.54, 1.807) is 18.3 Å². The van der Waals surface area contributed by atoms with Crippen LogP contribution < -0.4 is 0 Å². The maximum absolute atomic E-state index is 10.8. The van der Waals surface area contributed by atoms with Crippen LogP contribution in [0.25, 0.3) is 5.69 Å². The second-order valence-electron chi connectivity index (χ2n) is 2.83. The number of aromatic nitrogens is 2. The summed E-state index contributed by atoms with van der Waals surface area (Å²) in [7, 11) is 0. The van der Waals surface area contributed by atoms with Crippen LogP contribution in [0.3, 0.4) is 0 Å². The number of halogens is 1. The van der Waals surface area contributed by atoms with Crippen LogP contribution in [0.4, 0.5) is 5.69 Å². The molecular weight excluding hydrogens is 218 g/mol. The van der Waals surface area contributed by atoms with Crippen molar-refractivity contribution in [1.29, 1.82) is 0 Å². The van der Waals surface area contributed by atoms with Gasteiger partial charge in [-0.2, -0.15) is 0 Å². The van der Waals surface area contributed by atoms with Crippen molar-refractivity contribution in [2.75, 3.05) is 0 Å². The second-order valence-corrected chi connectivity index (χ2v) is 3.24. The molecule has 5 nitrogen and oxygen atoms in total. The average Bonchev–Trinajstić information content (AvgIpc) is 2.70. The molecule has 6 heteroatoms. The van der Waals surface area contributed by atoms with Gasteiger partial charge in [-0.3, -0.25) is 14.7 Å². The predicted molar refractivity (Wildman–Crippen MR) is 55.2 cm³/mol. The van der Waals surface area contributed by atoms with Crippen LogP contribution in [-0.4, -0.2) is 14.5 Å². The predicted octanol–water partition coefficient (Wildman–Crippen LogP) is 2.43. The summed E-state index contributed by atoms with van der Waals surface area (Å²) in [6, 6.07) is 4.55. The summed E-state index contributed by atoms with van der Waals surface area (Å²) in [4.78, 5) is 14.1. The highest BCUT2D eigenvalue weighted by Gasteiger charge is 2.17. The number of imidazole rings is 1. The molecule has 0 aliphatic rings. The summed E-state index contributed by atoms with van der Waals surface area (Å²) in [6.45, 7) is 0. The number of hydrogen-bond acceptors (Lipinski definition) is 3. The van der Waals surface area contributed by atoms with Crippen LogP contribution in [0.5, 0.6) is 0 Å². The Hall–Kier alpha value is -1.88. The van der Waals surface area contributed by atoms with E-state index in [0.29, 0.717) is 10.7 Å². The molecule has 1 heterocycles. The van der Waals surface area contributed by atoms with E-state index in [4.69, 9.17) is 11.6 Å². The third-order valence-corrected chi connectivity index (χ3v) is 2.23. The standard InChI is InChI=1S/C9H6ClN3O2/c10-7-2-1-3-8(13(14)15)9(7)12-5-4-11-6-12/h1-6H. The van der Waals surface area contributed by atoms with E-state index < -0.39 is 4.92 Å². The fraction of sp³-hybridized carbons (Fsp3) is 0. The molecule has 0 aliphatic heterocycles. The van der Waals surface area contributed by atoms with Gasteiger partial charge in [-0.25, -0.2) is 4.98 Å². The summed E-state index contributed by atoms with van der Waals surface area (Å²) >= 11 is 5.91. The zero-order valence-electron chi connectivity index (χ0n) is 7.50. The van der Waals surface area contributed by atoms with Crippen LogP contribution in [0, 0.1) is 10.1 Å². The maximum Gasteiger partial charge on any atom is 0.294 e. The summed E-state index contributed by atoms with van der Waals surface area (Å²) in [5, 5.41) is 11.1. The third kappa shape index (κ3) is 1.69. The highest BCUT2D eigenvalue weighted by molar-refractivity contribution is 6.32. The Balaban J connectivity index is 2.68. The van der Waals surface area contributed by atoms with Gasteiger partial charge in [0.05, 0.1) is 16.3 Å². The van der Waals surface area contributed by atoms with Crippen molar-refractivity contribution in [3.05, 3.63) is 52.1 Å². The van der Waals surface area contributed by atoms with Gasteiger partial charge in [0.25, 0.3) is 5.69 Å². The van der Waals surface area contributed by atoms with Crippen LogP contribution >= 0.6 is 11.6 Å². The minimum atomic E-state index is -0.471. The highest BCUT2D eigenvalue weighted by atomic mass is 35.5. The van der Waals surface area contributed by atoms with E-state index >= 15 is 0 Å². The Morgan fingerprint density at radius 1 is 1.47 bits per heavy atom. The number of nitro benzene ring substituents is 1. The van der Waals surface area contributed by atoms with E-state index in [1.165, 1.54) is 23.2 Å². The molecule has 2 rings (SSSR count). The minimum Gasteiger partial charge on any atom is -0.299 e. The van der Waals surface area contributed by atoms with Crippen molar-refractivity contribution in [3.8, 4) is 5.69 Å². The van der Waals surface area contributed by atoms with Crippen LogP contribution in [-0.2, 0) is 0 Å². The van der Waals surface area contributed by atoms with Gasteiger partial charge in [0.15, 0.2) is 0 Å². The smallest absolute Gasteiger partial charge is 0.294 e. The molecule has 76 valence electrons. The van der Waals surface area contributed by atoms with Gasteiger partial charge in [0, 0.05) is 18.5 Å². The molecule has 0 spiro atoms. The largest absolute Gasteiger partial charge is 0.299 e. The highest BCUT2D eigenvalue weighted by Crippen LogP contribution is 2.29. The number of rotatable bonds is 2. The molecule has 0 radical (unpaired) electrons. The Bertz CT molecular complexity index is 496. The van der Waals surface area contributed by atoms with Crippen molar-refractivity contribution in [1.82, 2.24) is 9.55 Å². The third-order valence-electron chi connectivity index (χ3n) is 1.92. The van der Waals surface area contributed by atoms with Crippen LogP contribution in [0.15, 0.2) is 36.9 Å². The summed E-state index contributed by atoms with van der Waals surface area (Å²) < 4.78 is 1.51. The minimum absolute atomic E-state index is 0.0412. The molecule has 0 saturated heterocycles. The zero-order valence-corrected chi connectivity index (χ0v) is 8.26. The summed E-state index contributed by atoms with van der Waals surface area (Å²) in [6.07, 6.45) is 4.61. The van der Waals surface area contributed by atoms with Crippen LogP contribution in [0.2, 0.25) is 5.02 Å². The Morgan fingerprint density at radius 3 is 2.87 bits per heavy atom. The van der Waals surface area contributed by atoms with Gasteiger partial charge >= 0.3 is 0 Å². The zero-order chi connectivity index (χ0) is 10.8. The van der Waals surface area contributed by atoms with Gasteiger partial charge in [-0.15, -0.1) is 0 Å². The van der Waals surface area contributed by atoms with Crippen molar-refractivity contribution in [3.63, 3.8) is 0 Å². The van der Waals surface area contributed by atoms with E-state index in [2.05, 4.69) is 4.98 Å². The van der Waals surface area contributed by atoms with Crippen molar-refractivity contribution in [2.24, 2.45) is 0 Å². The summed E-state index contributed by atoms with van der Waals surface area (Å²) in [5.74, 6) is 0. The Morgan fingerprint density at radius 2 is 2.27 bits per heavy atom.